The van der Waals surface area contributed by atoms with Crippen LogP contribution in [0.25, 0.3) is 0 Å². The van der Waals surface area contributed by atoms with Crippen LogP contribution < -0.4 is 10.1 Å². The first kappa shape index (κ1) is 15.8. The maximum absolute atomic E-state index is 10.6. The molecule has 2 fully saturated rings. The van der Waals surface area contributed by atoms with Crippen LogP contribution in [-0.4, -0.2) is 48.3 Å². The van der Waals surface area contributed by atoms with Gasteiger partial charge in [-0.05, 0) is 63.4 Å². The second-order valence-corrected chi connectivity index (χ2v) is 6.73. The molecule has 2 aliphatic rings. The number of rotatable bonds is 5. The lowest BCUT2D eigenvalue weighted by Crippen LogP contribution is -2.49. The van der Waals surface area contributed by atoms with Crippen LogP contribution in [0.1, 0.15) is 44.3 Å². The van der Waals surface area contributed by atoms with Crippen LogP contribution in [0.2, 0.25) is 0 Å². The Balaban J connectivity index is 1.55. The molecule has 4 atom stereocenters. The quantitative estimate of drug-likeness (QED) is 0.876. The van der Waals surface area contributed by atoms with Gasteiger partial charge in [0.15, 0.2) is 0 Å². The predicted octanol–water partition coefficient (Wildman–Crippen LogP) is 2.33. The third-order valence-corrected chi connectivity index (χ3v) is 5.25. The molecule has 0 radical (unpaired) electrons. The minimum absolute atomic E-state index is 0.0614. The largest absolute Gasteiger partial charge is 0.497 e. The van der Waals surface area contributed by atoms with Crippen molar-refractivity contribution >= 4 is 0 Å². The van der Waals surface area contributed by atoms with E-state index < -0.39 is 6.10 Å². The molecule has 4 unspecified atom stereocenters. The van der Waals surface area contributed by atoms with Gasteiger partial charge in [0.25, 0.3) is 0 Å². The number of fused-ring (bicyclic) bond motifs is 1. The molecular formula is C18H28N2O2. The van der Waals surface area contributed by atoms with Crippen molar-refractivity contribution in [2.45, 2.75) is 56.8 Å². The molecule has 4 nitrogen and oxygen atoms in total. The van der Waals surface area contributed by atoms with Crippen LogP contribution in [0.5, 0.6) is 5.75 Å². The number of methoxy groups -OCH3 is 1. The van der Waals surface area contributed by atoms with E-state index in [4.69, 9.17) is 4.74 Å². The van der Waals surface area contributed by atoms with Crippen molar-refractivity contribution in [3.63, 3.8) is 0 Å². The fourth-order valence-electron chi connectivity index (χ4n) is 3.93. The van der Waals surface area contributed by atoms with E-state index in [2.05, 4.69) is 17.1 Å². The van der Waals surface area contributed by atoms with E-state index >= 15 is 0 Å². The summed E-state index contributed by atoms with van der Waals surface area (Å²) in [6.07, 6.45) is 4.62. The Labute approximate surface area is 133 Å². The molecule has 2 aliphatic heterocycles. The lowest BCUT2D eigenvalue weighted by Gasteiger charge is -2.37. The third kappa shape index (κ3) is 3.45. The van der Waals surface area contributed by atoms with Gasteiger partial charge in [0, 0.05) is 18.1 Å². The predicted molar refractivity (Wildman–Crippen MR) is 88.2 cm³/mol. The lowest BCUT2D eigenvalue weighted by molar-refractivity contribution is 0.107. The summed E-state index contributed by atoms with van der Waals surface area (Å²) in [6.45, 7) is 4.56. The van der Waals surface area contributed by atoms with E-state index in [0.717, 1.165) is 17.4 Å². The Morgan fingerprint density at radius 2 is 2.00 bits per heavy atom. The molecule has 122 valence electrons. The number of nitrogens with one attached hydrogen (secondary N) is 1. The molecule has 2 N–H and O–H groups in total. The highest BCUT2D eigenvalue weighted by Crippen LogP contribution is 2.28. The lowest BCUT2D eigenvalue weighted by atomic mass is 9.95. The molecule has 2 saturated heterocycles. The first-order valence-electron chi connectivity index (χ1n) is 8.49. The van der Waals surface area contributed by atoms with E-state index in [1.165, 1.54) is 38.8 Å². The first-order valence-corrected chi connectivity index (χ1v) is 8.49. The highest BCUT2D eigenvalue weighted by molar-refractivity contribution is 5.29. The SMILES string of the molecule is COc1ccc(C(O)C(C)NC2CCN3CCCC3C2)cc1. The van der Waals surface area contributed by atoms with E-state index in [9.17, 15) is 5.11 Å². The van der Waals surface area contributed by atoms with Gasteiger partial charge in [-0.3, -0.25) is 0 Å². The number of piperidine rings is 1. The highest BCUT2D eigenvalue weighted by atomic mass is 16.5. The molecule has 0 saturated carbocycles. The van der Waals surface area contributed by atoms with Gasteiger partial charge < -0.3 is 20.1 Å². The van der Waals surface area contributed by atoms with Crippen LogP contribution in [0.3, 0.4) is 0 Å². The van der Waals surface area contributed by atoms with Gasteiger partial charge in [0.1, 0.15) is 5.75 Å². The zero-order valence-corrected chi connectivity index (χ0v) is 13.7. The summed E-state index contributed by atoms with van der Waals surface area (Å²) in [6, 6.07) is 9.05. The van der Waals surface area contributed by atoms with Crippen LogP contribution in [-0.2, 0) is 0 Å². The molecular weight excluding hydrogens is 276 g/mol. The van der Waals surface area contributed by atoms with Gasteiger partial charge in [-0.25, -0.2) is 0 Å². The average molecular weight is 304 g/mol. The molecule has 0 aliphatic carbocycles. The smallest absolute Gasteiger partial charge is 0.118 e. The van der Waals surface area contributed by atoms with Crippen molar-refractivity contribution in [1.29, 1.82) is 0 Å². The fourth-order valence-corrected chi connectivity index (χ4v) is 3.93. The van der Waals surface area contributed by atoms with Gasteiger partial charge in [0.05, 0.1) is 13.2 Å². The number of hydrogen-bond acceptors (Lipinski definition) is 4. The second kappa shape index (κ2) is 6.99. The van der Waals surface area contributed by atoms with Crippen molar-refractivity contribution in [3.05, 3.63) is 29.8 Å². The molecule has 0 bridgehead atoms. The summed E-state index contributed by atoms with van der Waals surface area (Å²) in [7, 11) is 1.66. The second-order valence-electron chi connectivity index (χ2n) is 6.73. The Morgan fingerprint density at radius 3 is 2.73 bits per heavy atom. The van der Waals surface area contributed by atoms with Crippen molar-refractivity contribution in [3.8, 4) is 5.75 Å². The minimum Gasteiger partial charge on any atom is -0.497 e. The highest BCUT2D eigenvalue weighted by Gasteiger charge is 2.32. The Hall–Kier alpha value is -1.10. The average Bonchev–Trinajstić information content (AvgIpc) is 3.02. The van der Waals surface area contributed by atoms with Gasteiger partial charge in [-0.1, -0.05) is 12.1 Å². The summed E-state index contributed by atoms with van der Waals surface area (Å²) < 4.78 is 5.17. The van der Waals surface area contributed by atoms with Gasteiger partial charge in [-0.2, -0.15) is 0 Å². The topological polar surface area (TPSA) is 44.7 Å². The molecule has 22 heavy (non-hydrogen) atoms. The molecule has 0 amide bonds. The normalized spacial score (nSPS) is 28.1. The van der Waals surface area contributed by atoms with Crippen LogP contribution in [0.15, 0.2) is 24.3 Å². The maximum Gasteiger partial charge on any atom is 0.118 e. The standard InChI is InChI=1S/C18H28N2O2/c1-13(18(21)14-5-7-17(22-2)8-6-14)19-15-9-11-20-10-3-4-16(20)12-15/h5-8,13,15-16,18-19,21H,3-4,9-12H2,1-2H3. The Bertz CT molecular complexity index is 476. The van der Waals surface area contributed by atoms with Crippen molar-refractivity contribution < 1.29 is 9.84 Å². The zero-order chi connectivity index (χ0) is 15.5. The third-order valence-electron chi connectivity index (χ3n) is 5.25. The maximum atomic E-state index is 10.6. The van der Waals surface area contributed by atoms with Gasteiger partial charge in [0.2, 0.25) is 0 Å². The Kier molecular flexibility index (Phi) is 5.01. The molecule has 3 rings (SSSR count). The van der Waals surface area contributed by atoms with Crippen molar-refractivity contribution in [2.24, 2.45) is 0 Å². The van der Waals surface area contributed by atoms with Gasteiger partial charge in [-0.15, -0.1) is 0 Å². The molecule has 0 aromatic heterocycles. The van der Waals surface area contributed by atoms with Gasteiger partial charge >= 0.3 is 0 Å². The summed E-state index contributed by atoms with van der Waals surface area (Å²) >= 11 is 0. The fraction of sp³-hybridized carbons (Fsp3) is 0.667. The minimum atomic E-state index is -0.479. The number of aliphatic hydroxyl groups excluding tert-OH is 1. The first-order chi connectivity index (χ1) is 10.7. The van der Waals surface area contributed by atoms with Crippen LogP contribution in [0.4, 0.5) is 0 Å². The van der Waals surface area contributed by atoms with E-state index in [1.54, 1.807) is 7.11 Å². The molecule has 2 heterocycles. The number of ether oxygens (including phenoxy) is 1. The molecule has 4 heteroatoms. The van der Waals surface area contributed by atoms with E-state index in [1.807, 2.05) is 24.3 Å². The van der Waals surface area contributed by atoms with Crippen LogP contribution in [0, 0.1) is 0 Å². The summed E-state index contributed by atoms with van der Waals surface area (Å²) in [4.78, 5) is 2.63. The number of benzene rings is 1. The number of nitrogens with zero attached hydrogens (tertiary/aromatic N) is 1. The Morgan fingerprint density at radius 1 is 1.23 bits per heavy atom. The summed E-state index contributed by atoms with van der Waals surface area (Å²) in [5.41, 5.74) is 0.944. The summed E-state index contributed by atoms with van der Waals surface area (Å²) in [5, 5.41) is 14.2. The van der Waals surface area contributed by atoms with Crippen molar-refractivity contribution in [2.75, 3.05) is 20.2 Å². The van der Waals surface area contributed by atoms with Crippen LogP contribution >= 0.6 is 0 Å². The van der Waals surface area contributed by atoms with Crippen molar-refractivity contribution in [1.82, 2.24) is 10.2 Å². The zero-order valence-electron chi connectivity index (χ0n) is 13.7. The monoisotopic (exact) mass is 304 g/mol. The van der Waals surface area contributed by atoms with E-state index in [0.29, 0.717) is 6.04 Å². The number of hydrogen-bond donors (Lipinski definition) is 2. The molecule has 1 aromatic rings. The van der Waals surface area contributed by atoms with E-state index in [-0.39, 0.29) is 6.04 Å². The summed E-state index contributed by atoms with van der Waals surface area (Å²) in [5.74, 6) is 0.824. The number of aliphatic hydroxyl groups is 1. The molecule has 1 aromatic carbocycles. The molecule has 0 spiro atoms.